The lowest BCUT2D eigenvalue weighted by molar-refractivity contribution is -0.126. The van der Waals surface area contributed by atoms with E-state index in [1.807, 2.05) is 11.8 Å². The maximum absolute atomic E-state index is 11.4. The van der Waals surface area contributed by atoms with Crippen molar-refractivity contribution in [3.63, 3.8) is 0 Å². The number of carbonyl (C=O) groups is 1. The van der Waals surface area contributed by atoms with Crippen LogP contribution in [0.3, 0.4) is 0 Å². The summed E-state index contributed by atoms with van der Waals surface area (Å²) in [7, 11) is 1.42. The van der Waals surface area contributed by atoms with Crippen molar-refractivity contribution in [2.75, 3.05) is 33.4 Å². The quantitative estimate of drug-likeness (QED) is 0.584. The summed E-state index contributed by atoms with van der Waals surface area (Å²) in [5.74, 6) is 0.371. The summed E-state index contributed by atoms with van der Waals surface area (Å²) >= 11 is 0. The summed E-state index contributed by atoms with van der Waals surface area (Å²) in [5, 5.41) is 23.1. The van der Waals surface area contributed by atoms with Gasteiger partial charge in [0.25, 0.3) is 0 Å². The van der Waals surface area contributed by atoms with Crippen molar-refractivity contribution in [2.45, 2.75) is 25.2 Å². The second kappa shape index (κ2) is 7.10. The van der Waals surface area contributed by atoms with E-state index in [1.165, 1.54) is 7.11 Å². The van der Waals surface area contributed by atoms with Crippen LogP contribution in [0.5, 0.6) is 0 Å². The van der Waals surface area contributed by atoms with Crippen LogP contribution in [0.4, 0.5) is 0 Å². The molecule has 2 rings (SSSR count). The minimum atomic E-state index is -1.37. The number of ether oxygens (including phenoxy) is 1. The molecular formula is C14H22N4O4. The zero-order chi connectivity index (χ0) is 16.2. The van der Waals surface area contributed by atoms with Gasteiger partial charge in [0.15, 0.2) is 0 Å². The number of likely N-dealkylation sites (tertiary alicyclic amines) is 1. The number of β-amino-alcohol motifs (C(OH)–C–C–N with tert-alkyl or cyclic N) is 2. The van der Waals surface area contributed by atoms with Gasteiger partial charge in [0.1, 0.15) is 18.0 Å². The van der Waals surface area contributed by atoms with Crippen LogP contribution >= 0.6 is 0 Å². The molecule has 0 aliphatic carbocycles. The summed E-state index contributed by atoms with van der Waals surface area (Å²) in [5.41, 5.74) is -0.458. The molecule has 1 aromatic heterocycles. The lowest BCUT2D eigenvalue weighted by atomic mass is 10.0. The van der Waals surface area contributed by atoms with Crippen molar-refractivity contribution >= 4 is 5.91 Å². The summed E-state index contributed by atoms with van der Waals surface area (Å²) in [4.78, 5) is 21.5. The number of hydrogen-bond acceptors (Lipinski definition) is 7. The first-order chi connectivity index (χ1) is 10.4. The SMILES string of the molecule is COCC(=O)NC[C@]1(O)CN(Cc2cnc(C)nc2)C[C@H]1O. The largest absolute Gasteiger partial charge is 0.389 e. The van der Waals surface area contributed by atoms with E-state index in [9.17, 15) is 15.0 Å². The fourth-order valence-corrected chi connectivity index (χ4v) is 2.46. The Bertz CT molecular complexity index is 510. The minimum absolute atomic E-state index is 0.0166. The number of aliphatic hydroxyl groups excluding tert-OH is 1. The smallest absolute Gasteiger partial charge is 0.246 e. The molecule has 1 fully saturated rings. The topological polar surface area (TPSA) is 108 Å². The summed E-state index contributed by atoms with van der Waals surface area (Å²) in [6, 6.07) is 0. The molecule has 0 spiro atoms. The van der Waals surface area contributed by atoms with Gasteiger partial charge in [-0.2, -0.15) is 0 Å². The zero-order valence-corrected chi connectivity index (χ0v) is 12.8. The van der Waals surface area contributed by atoms with E-state index >= 15 is 0 Å². The Balaban J connectivity index is 1.90. The molecule has 0 aromatic carbocycles. The molecule has 2 heterocycles. The molecule has 8 heteroatoms. The molecule has 1 aromatic rings. The molecule has 1 aliphatic rings. The van der Waals surface area contributed by atoms with Crippen LogP contribution in [-0.4, -0.2) is 76.0 Å². The molecule has 2 atom stereocenters. The van der Waals surface area contributed by atoms with E-state index in [2.05, 4.69) is 15.3 Å². The highest BCUT2D eigenvalue weighted by Gasteiger charge is 2.44. The van der Waals surface area contributed by atoms with Crippen molar-refractivity contribution in [2.24, 2.45) is 0 Å². The first kappa shape index (κ1) is 16.8. The average molecular weight is 310 g/mol. The standard InChI is InChI=1S/C14H22N4O4/c1-10-15-3-11(4-16-10)5-18-6-12(19)14(21,9-18)8-17-13(20)7-22-2/h3-4,12,19,21H,5-9H2,1-2H3,(H,17,20)/t12-,14+/m1/s1. The highest BCUT2D eigenvalue weighted by Crippen LogP contribution is 2.22. The van der Waals surface area contributed by atoms with Crippen molar-refractivity contribution in [1.82, 2.24) is 20.2 Å². The van der Waals surface area contributed by atoms with Gasteiger partial charge in [0, 0.05) is 44.7 Å². The van der Waals surface area contributed by atoms with Crippen LogP contribution in [0.15, 0.2) is 12.4 Å². The normalized spacial score (nSPS) is 25.4. The van der Waals surface area contributed by atoms with Crippen LogP contribution in [0.1, 0.15) is 11.4 Å². The van der Waals surface area contributed by atoms with Gasteiger partial charge in [-0.15, -0.1) is 0 Å². The number of nitrogens with one attached hydrogen (secondary N) is 1. The predicted octanol–water partition coefficient (Wildman–Crippen LogP) is -1.54. The van der Waals surface area contributed by atoms with E-state index in [0.717, 1.165) is 5.56 Å². The molecule has 3 N–H and O–H groups in total. The third-order valence-electron chi connectivity index (χ3n) is 3.66. The third-order valence-corrected chi connectivity index (χ3v) is 3.66. The Morgan fingerprint density at radius 3 is 2.86 bits per heavy atom. The molecule has 1 aliphatic heterocycles. The van der Waals surface area contributed by atoms with E-state index in [1.54, 1.807) is 12.4 Å². The fourth-order valence-electron chi connectivity index (χ4n) is 2.46. The van der Waals surface area contributed by atoms with Gasteiger partial charge in [-0.05, 0) is 6.92 Å². The van der Waals surface area contributed by atoms with Gasteiger partial charge in [-0.25, -0.2) is 9.97 Å². The molecule has 0 unspecified atom stereocenters. The highest BCUT2D eigenvalue weighted by molar-refractivity contribution is 5.77. The number of methoxy groups -OCH3 is 1. The molecule has 0 radical (unpaired) electrons. The van der Waals surface area contributed by atoms with Crippen LogP contribution < -0.4 is 5.32 Å². The highest BCUT2D eigenvalue weighted by atomic mass is 16.5. The first-order valence-electron chi connectivity index (χ1n) is 7.09. The molecule has 1 saturated heterocycles. The lowest BCUT2D eigenvalue weighted by Crippen LogP contribution is -2.51. The Morgan fingerprint density at radius 1 is 1.55 bits per heavy atom. The fraction of sp³-hybridized carbons (Fsp3) is 0.643. The van der Waals surface area contributed by atoms with Crippen molar-refractivity contribution in [1.29, 1.82) is 0 Å². The van der Waals surface area contributed by atoms with Gasteiger partial charge < -0.3 is 20.3 Å². The molecule has 0 saturated carbocycles. The van der Waals surface area contributed by atoms with Crippen LogP contribution in [0, 0.1) is 6.92 Å². The first-order valence-corrected chi connectivity index (χ1v) is 7.09. The predicted molar refractivity (Wildman–Crippen MR) is 77.9 cm³/mol. The van der Waals surface area contributed by atoms with Crippen LogP contribution in [-0.2, 0) is 16.1 Å². The Labute approximate surface area is 129 Å². The molecule has 8 nitrogen and oxygen atoms in total. The monoisotopic (exact) mass is 310 g/mol. The second-order valence-electron chi connectivity index (χ2n) is 5.64. The number of rotatable bonds is 6. The third kappa shape index (κ3) is 4.20. The van der Waals surface area contributed by atoms with Crippen molar-refractivity contribution in [3.05, 3.63) is 23.8 Å². The summed E-state index contributed by atoms with van der Waals surface area (Å²) < 4.78 is 4.71. The molecule has 122 valence electrons. The number of hydrogen-bond donors (Lipinski definition) is 3. The molecule has 1 amide bonds. The van der Waals surface area contributed by atoms with Gasteiger partial charge >= 0.3 is 0 Å². The lowest BCUT2D eigenvalue weighted by Gasteiger charge is -2.26. The Morgan fingerprint density at radius 2 is 2.23 bits per heavy atom. The number of amides is 1. The average Bonchev–Trinajstić information content (AvgIpc) is 2.75. The van der Waals surface area contributed by atoms with Crippen molar-refractivity contribution in [3.8, 4) is 0 Å². The number of nitrogens with zero attached hydrogens (tertiary/aromatic N) is 3. The number of carbonyl (C=O) groups excluding carboxylic acids is 1. The number of aliphatic hydroxyl groups is 2. The van der Waals surface area contributed by atoms with Gasteiger partial charge in [0.2, 0.25) is 5.91 Å². The molecule has 22 heavy (non-hydrogen) atoms. The molecule has 0 bridgehead atoms. The summed E-state index contributed by atoms with van der Waals surface area (Å²) in [6.07, 6.45) is 2.53. The van der Waals surface area contributed by atoms with Crippen molar-refractivity contribution < 1.29 is 19.7 Å². The van der Waals surface area contributed by atoms with E-state index < -0.39 is 11.7 Å². The molecular weight excluding hydrogens is 288 g/mol. The van der Waals surface area contributed by atoms with E-state index in [4.69, 9.17) is 4.74 Å². The Hall–Kier alpha value is -1.61. The van der Waals surface area contributed by atoms with Crippen LogP contribution in [0.25, 0.3) is 0 Å². The minimum Gasteiger partial charge on any atom is -0.389 e. The Kier molecular flexibility index (Phi) is 5.41. The van der Waals surface area contributed by atoms with Gasteiger partial charge in [-0.3, -0.25) is 9.69 Å². The number of aromatic nitrogens is 2. The van der Waals surface area contributed by atoms with Gasteiger partial charge in [0.05, 0.1) is 12.6 Å². The van der Waals surface area contributed by atoms with E-state index in [0.29, 0.717) is 18.9 Å². The van der Waals surface area contributed by atoms with E-state index in [-0.39, 0.29) is 25.6 Å². The second-order valence-corrected chi connectivity index (χ2v) is 5.64. The number of aryl methyl sites for hydroxylation is 1. The summed E-state index contributed by atoms with van der Waals surface area (Å²) in [6.45, 7) is 2.84. The maximum Gasteiger partial charge on any atom is 0.246 e. The van der Waals surface area contributed by atoms with Crippen LogP contribution in [0.2, 0.25) is 0 Å². The van der Waals surface area contributed by atoms with Gasteiger partial charge in [-0.1, -0.05) is 0 Å². The maximum atomic E-state index is 11.4. The zero-order valence-electron chi connectivity index (χ0n) is 12.8.